The van der Waals surface area contributed by atoms with Crippen LogP contribution in [0.1, 0.15) is 20.7 Å². The van der Waals surface area contributed by atoms with E-state index in [0.717, 1.165) is 12.1 Å². The topological polar surface area (TPSA) is 60.2 Å². The second-order valence-corrected chi connectivity index (χ2v) is 3.87. The average molecular weight is 270 g/mol. The number of carbonyl (C=O) groups is 2. The lowest BCUT2D eigenvalue weighted by atomic mass is 9.93. The van der Waals surface area contributed by atoms with E-state index in [1.165, 1.54) is 6.07 Å². The number of nitrogens with two attached hydrogens (primary N) is 1. The van der Waals surface area contributed by atoms with Crippen molar-refractivity contribution in [1.29, 1.82) is 0 Å². The van der Waals surface area contributed by atoms with Crippen molar-refractivity contribution in [2.75, 3.05) is 0 Å². The monoisotopic (exact) mass is 269 g/mol. The van der Waals surface area contributed by atoms with Crippen molar-refractivity contribution in [3.05, 3.63) is 45.3 Å². The molecule has 1 aromatic rings. The third kappa shape index (κ3) is 1.39. The Kier molecular flexibility index (Phi) is 2.19. The summed E-state index contributed by atoms with van der Waals surface area (Å²) in [6, 6.07) is 3.41. The summed E-state index contributed by atoms with van der Waals surface area (Å²) in [5, 5.41) is 0. The highest BCUT2D eigenvalue weighted by Crippen LogP contribution is 2.27. The molecule has 3 nitrogen and oxygen atoms in total. The summed E-state index contributed by atoms with van der Waals surface area (Å²) in [5.41, 5.74) is 5.48. The number of hydrogen-bond donors (Lipinski definition) is 1. The van der Waals surface area contributed by atoms with Crippen LogP contribution in [-0.4, -0.2) is 11.6 Å². The number of rotatable bonds is 0. The predicted octanol–water partition coefficient (Wildman–Crippen LogP) is 1.77. The first-order valence-corrected chi connectivity index (χ1v) is 4.86. The van der Waals surface area contributed by atoms with E-state index in [-0.39, 0.29) is 21.3 Å². The van der Waals surface area contributed by atoms with Gasteiger partial charge in [0, 0.05) is 11.1 Å². The zero-order valence-corrected chi connectivity index (χ0v) is 8.97. The molecule has 0 radical (unpaired) electrons. The lowest BCUT2D eigenvalue weighted by molar-refractivity contribution is 0.0980. The van der Waals surface area contributed by atoms with Crippen LogP contribution in [0.4, 0.5) is 4.39 Å². The van der Waals surface area contributed by atoms with Gasteiger partial charge in [-0.2, -0.15) is 0 Å². The van der Waals surface area contributed by atoms with Gasteiger partial charge in [0.25, 0.3) is 0 Å². The van der Waals surface area contributed by atoms with Crippen molar-refractivity contribution in [3.8, 4) is 0 Å². The zero-order valence-electron chi connectivity index (χ0n) is 7.38. The molecule has 0 aromatic heterocycles. The Balaban J connectivity index is 2.73. The third-order valence-electron chi connectivity index (χ3n) is 2.15. The molecule has 15 heavy (non-hydrogen) atoms. The maximum atomic E-state index is 12.9. The van der Waals surface area contributed by atoms with E-state index in [4.69, 9.17) is 5.73 Å². The molecule has 1 aliphatic carbocycles. The van der Waals surface area contributed by atoms with Crippen LogP contribution in [0.5, 0.6) is 0 Å². The van der Waals surface area contributed by atoms with Gasteiger partial charge in [0.05, 0.1) is 10.2 Å². The molecule has 0 bridgehead atoms. The molecule has 0 spiro atoms. The molecule has 0 heterocycles. The minimum absolute atomic E-state index is 0.00870. The number of hydrogen-bond acceptors (Lipinski definition) is 3. The summed E-state index contributed by atoms with van der Waals surface area (Å²) in [6.45, 7) is 0. The zero-order chi connectivity index (χ0) is 11.2. The lowest BCUT2D eigenvalue weighted by Gasteiger charge is -2.14. The standard InChI is InChI=1S/C10H5BrFNO2/c11-7-8(13)10(15)5-2-1-4(12)3-6(5)9(7)14/h1-3H,13H2. The summed E-state index contributed by atoms with van der Waals surface area (Å²) in [6.07, 6.45) is 0. The van der Waals surface area contributed by atoms with E-state index in [1.807, 2.05) is 0 Å². The summed E-state index contributed by atoms with van der Waals surface area (Å²) in [4.78, 5) is 23.2. The third-order valence-corrected chi connectivity index (χ3v) is 2.94. The molecule has 0 amide bonds. The summed E-state index contributed by atoms with van der Waals surface area (Å²) < 4.78 is 12.9. The molecule has 0 atom stereocenters. The van der Waals surface area contributed by atoms with Gasteiger partial charge in [-0.1, -0.05) is 0 Å². The molecular formula is C10H5BrFNO2. The fraction of sp³-hybridized carbons (Fsp3) is 0. The van der Waals surface area contributed by atoms with Gasteiger partial charge in [0.2, 0.25) is 11.6 Å². The second kappa shape index (κ2) is 3.27. The molecule has 2 N–H and O–H groups in total. The van der Waals surface area contributed by atoms with Gasteiger partial charge >= 0.3 is 0 Å². The van der Waals surface area contributed by atoms with E-state index in [9.17, 15) is 14.0 Å². The maximum Gasteiger partial charge on any atom is 0.210 e. The molecule has 0 unspecified atom stereocenters. The number of allylic oxidation sites excluding steroid dienone is 2. The van der Waals surface area contributed by atoms with Crippen LogP contribution in [0, 0.1) is 5.82 Å². The molecule has 76 valence electrons. The Hall–Kier alpha value is -1.49. The lowest BCUT2D eigenvalue weighted by Crippen LogP contribution is -2.24. The van der Waals surface area contributed by atoms with E-state index < -0.39 is 17.4 Å². The largest absolute Gasteiger partial charge is 0.395 e. The van der Waals surface area contributed by atoms with Crippen molar-refractivity contribution in [3.63, 3.8) is 0 Å². The average Bonchev–Trinajstić information content (AvgIpc) is 2.23. The Bertz CT molecular complexity index is 522. The minimum atomic E-state index is -0.560. The van der Waals surface area contributed by atoms with Crippen molar-refractivity contribution < 1.29 is 14.0 Å². The molecule has 2 rings (SSSR count). The van der Waals surface area contributed by atoms with Crippen LogP contribution in [0.2, 0.25) is 0 Å². The van der Waals surface area contributed by atoms with Gasteiger partial charge in [-0.3, -0.25) is 9.59 Å². The Morgan fingerprint density at radius 2 is 1.80 bits per heavy atom. The highest BCUT2D eigenvalue weighted by atomic mass is 79.9. The second-order valence-electron chi connectivity index (χ2n) is 3.08. The molecule has 1 aliphatic rings. The van der Waals surface area contributed by atoms with Crippen molar-refractivity contribution in [2.45, 2.75) is 0 Å². The van der Waals surface area contributed by atoms with Gasteiger partial charge in [0.1, 0.15) is 5.82 Å². The van der Waals surface area contributed by atoms with E-state index >= 15 is 0 Å². The Morgan fingerprint density at radius 1 is 1.13 bits per heavy atom. The van der Waals surface area contributed by atoms with Gasteiger partial charge < -0.3 is 5.73 Å². The normalized spacial score (nSPS) is 15.6. The van der Waals surface area contributed by atoms with E-state index in [2.05, 4.69) is 15.9 Å². The molecule has 5 heteroatoms. The van der Waals surface area contributed by atoms with Crippen LogP contribution >= 0.6 is 15.9 Å². The van der Waals surface area contributed by atoms with Crippen molar-refractivity contribution >= 4 is 27.5 Å². The molecule has 0 saturated heterocycles. The first-order valence-electron chi connectivity index (χ1n) is 4.06. The van der Waals surface area contributed by atoms with Crippen LogP contribution in [0.15, 0.2) is 28.4 Å². The summed E-state index contributed by atoms with van der Waals surface area (Å²) in [7, 11) is 0. The first kappa shape index (κ1) is 10.0. The fourth-order valence-electron chi connectivity index (χ4n) is 1.39. The molecule has 1 aromatic carbocycles. The Morgan fingerprint density at radius 3 is 2.47 bits per heavy atom. The van der Waals surface area contributed by atoms with Gasteiger partial charge in [0.15, 0.2) is 0 Å². The van der Waals surface area contributed by atoms with Gasteiger partial charge in [-0.15, -0.1) is 0 Å². The molecule has 0 fully saturated rings. The number of fused-ring (bicyclic) bond motifs is 1. The van der Waals surface area contributed by atoms with Crippen LogP contribution < -0.4 is 5.73 Å². The smallest absolute Gasteiger partial charge is 0.210 e. The molecule has 0 saturated carbocycles. The molecule has 0 aliphatic heterocycles. The number of Topliss-reactive ketones (excluding diaryl/α,β-unsaturated/α-hetero) is 2. The van der Waals surface area contributed by atoms with Gasteiger partial charge in [-0.25, -0.2) is 4.39 Å². The summed E-state index contributed by atoms with van der Waals surface area (Å²) in [5.74, 6) is -1.49. The highest BCUT2D eigenvalue weighted by Gasteiger charge is 2.29. The first-order chi connectivity index (χ1) is 7.02. The number of halogens is 2. The number of carbonyl (C=O) groups excluding carboxylic acids is 2. The highest BCUT2D eigenvalue weighted by molar-refractivity contribution is 9.12. The SMILES string of the molecule is NC1=C(Br)C(=O)c2cc(F)ccc2C1=O. The Labute approximate surface area is 92.9 Å². The quantitative estimate of drug-likeness (QED) is 0.781. The maximum absolute atomic E-state index is 12.9. The van der Waals surface area contributed by atoms with E-state index in [1.54, 1.807) is 0 Å². The number of benzene rings is 1. The summed E-state index contributed by atoms with van der Waals surface area (Å²) >= 11 is 2.92. The van der Waals surface area contributed by atoms with Crippen molar-refractivity contribution in [2.24, 2.45) is 5.73 Å². The van der Waals surface area contributed by atoms with Crippen LogP contribution in [0.3, 0.4) is 0 Å². The minimum Gasteiger partial charge on any atom is -0.395 e. The molecular weight excluding hydrogens is 265 g/mol. The number of ketones is 2. The predicted molar refractivity (Wildman–Crippen MR) is 55.2 cm³/mol. The van der Waals surface area contributed by atoms with Crippen LogP contribution in [0.25, 0.3) is 0 Å². The fourth-order valence-corrected chi connectivity index (χ4v) is 1.78. The van der Waals surface area contributed by atoms with Crippen molar-refractivity contribution in [1.82, 2.24) is 0 Å². The van der Waals surface area contributed by atoms with Crippen LogP contribution in [-0.2, 0) is 0 Å². The van der Waals surface area contributed by atoms with E-state index in [0.29, 0.717) is 0 Å². The van der Waals surface area contributed by atoms with Gasteiger partial charge in [-0.05, 0) is 34.1 Å².